The van der Waals surface area contributed by atoms with Crippen LogP contribution in [0.25, 0.3) is 33.3 Å². The number of halogens is 1. The number of nitrogens with zero attached hydrogens (tertiary/aromatic N) is 1. The molecule has 1 aliphatic rings. The molecule has 2 nitrogen and oxygen atoms in total. The molecule has 0 bridgehead atoms. The third-order valence-corrected chi connectivity index (χ3v) is 9.99. The van der Waals surface area contributed by atoms with Crippen LogP contribution >= 0.6 is 15.9 Å². The third kappa shape index (κ3) is 3.32. The van der Waals surface area contributed by atoms with Crippen molar-refractivity contribution in [2.24, 2.45) is 0 Å². The van der Waals surface area contributed by atoms with Crippen molar-refractivity contribution in [1.82, 2.24) is 4.57 Å². The Morgan fingerprint density at radius 2 is 1.53 bits per heavy atom. The fourth-order valence-corrected chi connectivity index (χ4v) is 7.68. The first kappa shape index (κ1) is 21.6. The van der Waals surface area contributed by atoms with Gasteiger partial charge in [-0.05, 0) is 0 Å². The van der Waals surface area contributed by atoms with E-state index in [0.29, 0.717) is 0 Å². The normalized spacial score (nSPS) is 16.9. The van der Waals surface area contributed by atoms with E-state index < -0.39 is 5.41 Å². The van der Waals surface area contributed by atoms with Crippen LogP contribution in [-0.4, -0.2) is 25.4 Å². The summed E-state index contributed by atoms with van der Waals surface area (Å²) in [6.45, 7) is 2.13. The van der Waals surface area contributed by atoms with Crippen LogP contribution < -0.4 is 4.46 Å². The van der Waals surface area contributed by atoms with E-state index in [1.54, 1.807) is 0 Å². The molecule has 1 unspecified atom stereocenters. The molecule has 0 fully saturated rings. The average molecular weight is 571 g/mol. The number of fused-ring (bicyclic) bond motifs is 5. The van der Waals surface area contributed by atoms with Gasteiger partial charge in [0.1, 0.15) is 0 Å². The SMILES string of the molecule is CC1(C[Se]c2ccccc2)C(=O)n2c(c(-c3ccccc3)c3cc(Br)ccc32)-c2ccccc21. The van der Waals surface area contributed by atoms with Crippen LogP contribution in [0.2, 0.25) is 5.32 Å². The molecule has 0 N–H and O–H groups in total. The van der Waals surface area contributed by atoms with Gasteiger partial charge >= 0.3 is 215 Å². The number of hydrogen-bond acceptors (Lipinski definition) is 1. The van der Waals surface area contributed by atoms with Gasteiger partial charge in [0, 0.05) is 0 Å². The molecule has 1 aromatic heterocycles. The molecule has 166 valence electrons. The van der Waals surface area contributed by atoms with Gasteiger partial charge in [-0.3, -0.25) is 0 Å². The number of rotatable bonds is 4. The van der Waals surface area contributed by atoms with Gasteiger partial charge in [-0.1, -0.05) is 0 Å². The molecule has 0 radical (unpaired) electrons. The summed E-state index contributed by atoms with van der Waals surface area (Å²) >= 11 is 3.85. The van der Waals surface area contributed by atoms with Crippen LogP contribution in [-0.2, 0) is 5.41 Å². The van der Waals surface area contributed by atoms with Crippen molar-refractivity contribution in [1.29, 1.82) is 0 Å². The van der Waals surface area contributed by atoms with Gasteiger partial charge in [0.25, 0.3) is 0 Å². The van der Waals surface area contributed by atoms with Gasteiger partial charge < -0.3 is 0 Å². The molecule has 34 heavy (non-hydrogen) atoms. The summed E-state index contributed by atoms with van der Waals surface area (Å²) in [4.78, 5) is 14.4. The molecule has 1 aliphatic heterocycles. The predicted molar refractivity (Wildman–Crippen MR) is 145 cm³/mol. The molecule has 0 aliphatic carbocycles. The van der Waals surface area contributed by atoms with Crippen molar-refractivity contribution >= 4 is 52.2 Å². The Kier molecular flexibility index (Phi) is 5.33. The van der Waals surface area contributed by atoms with Crippen molar-refractivity contribution in [3.63, 3.8) is 0 Å². The van der Waals surface area contributed by atoms with Crippen molar-refractivity contribution in [2.75, 3.05) is 0 Å². The van der Waals surface area contributed by atoms with E-state index in [4.69, 9.17) is 0 Å². The molecular weight excluding hydrogens is 549 g/mol. The van der Waals surface area contributed by atoms with Gasteiger partial charge in [0.05, 0.1) is 0 Å². The van der Waals surface area contributed by atoms with Crippen LogP contribution in [0.4, 0.5) is 0 Å². The molecule has 4 aromatic carbocycles. The predicted octanol–water partition coefficient (Wildman–Crippen LogP) is 7.10. The molecule has 4 heteroatoms. The molecule has 1 atom stereocenters. The summed E-state index contributed by atoms with van der Waals surface area (Å²) in [7, 11) is 0. The first-order valence-corrected chi connectivity index (χ1v) is 14.2. The fraction of sp³-hybridized carbons (Fsp3) is 0.100. The maximum absolute atomic E-state index is 14.4. The van der Waals surface area contributed by atoms with Gasteiger partial charge in [0.15, 0.2) is 0 Å². The number of aromatic nitrogens is 1. The monoisotopic (exact) mass is 571 g/mol. The topological polar surface area (TPSA) is 22.0 Å². The van der Waals surface area contributed by atoms with E-state index >= 15 is 0 Å². The molecular formula is C30H22BrNOSe. The Bertz CT molecular complexity index is 1540. The third-order valence-electron chi connectivity index (χ3n) is 6.71. The van der Waals surface area contributed by atoms with E-state index in [9.17, 15) is 4.79 Å². The average Bonchev–Trinajstić information content (AvgIpc) is 3.22. The van der Waals surface area contributed by atoms with Crippen LogP contribution in [0.1, 0.15) is 17.3 Å². The van der Waals surface area contributed by atoms with Crippen LogP contribution in [0.3, 0.4) is 0 Å². The van der Waals surface area contributed by atoms with Gasteiger partial charge in [-0.25, -0.2) is 0 Å². The van der Waals surface area contributed by atoms with Crippen LogP contribution in [0.15, 0.2) is 108 Å². The minimum absolute atomic E-state index is 0.161. The van der Waals surface area contributed by atoms with E-state index in [1.165, 1.54) is 4.46 Å². The first-order chi connectivity index (χ1) is 16.6. The number of benzene rings is 4. The summed E-state index contributed by atoms with van der Waals surface area (Å²) in [5.41, 5.74) is 5.91. The Balaban J connectivity index is 1.62. The van der Waals surface area contributed by atoms with E-state index in [1.807, 2.05) is 22.8 Å². The quantitative estimate of drug-likeness (QED) is 0.211. The van der Waals surface area contributed by atoms with E-state index in [2.05, 4.69) is 108 Å². The summed E-state index contributed by atoms with van der Waals surface area (Å²) in [6.07, 6.45) is 0. The van der Waals surface area contributed by atoms with Crippen molar-refractivity contribution in [3.05, 3.63) is 113 Å². The molecule has 0 saturated carbocycles. The van der Waals surface area contributed by atoms with E-state index in [0.717, 1.165) is 48.6 Å². The van der Waals surface area contributed by atoms with Gasteiger partial charge in [-0.15, -0.1) is 0 Å². The number of carbonyl (C=O) groups excluding carboxylic acids is 1. The Hall–Kier alpha value is -2.91. The molecule has 2 heterocycles. The molecule has 0 amide bonds. The maximum atomic E-state index is 14.4. The molecule has 0 spiro atoms. The van der Waals surface area contributed by atoms with Crippen molar-refractivity contribution in [3.8, 4) is 22.4 Å². The second-order valence-electron chi connectivity index (χ2n) is 8.87. The Labute approximate surface area is 213 Å². The van der Waals surface area contributed by atoms with Gasteiger partial charge in [0.2, 0.25) is 0 Å². The zero-order valence-corrected chi connectivity index (χ0v) is 22.0. The summed E-state index contributed by atoms with van der Waals surface area (Å²) < 4.78 is 4.32. The zero-order valence-electron chi connectivity index (χ0n) is 18.7. The molecule has 5 aromatic rings. The van der Waals surface area contributed by atoms with Crippen molar-refractivity contribution < 1.29 is 4.79 Å². The second kappa shape index (κ2) is 8.39. The summed E-state index contributed by atoms with van der Waals surface area (Å²) in [5, 5.41) is 1.91. The van der Waals surface area contributed by atoms with Gasteiger partial charge in [-0.2, -0.15) is 0 Å². The van der Waals surface area contributed by atoms with Crippen LogP contribution in [0, 0.1) is 0 Å². The minimum atomic E-state index is -0.591. The standard InChI is InChI=1S/C30H22BrNOSe/c1-30(19-34-22-12-6-3-7-13-22)25-15-9-8-14-23(25)28-27(20-10-4-2-5-11-20)24-18-21(31)16-17-26(24)32(28)29(30)33/h2-18H,19H2,1H3. The first-order valence-electron chi connectivity index (χ1n) is 11.3. The second-order valence-corrected chi connectivity index (χ2v) is 12.0. The summed E-state index contributed by atoms with van der Waals surface area (Å²) in [5.74, 6) is 0.161. The Morgan fingerprint density at radius 1 is 0.853 bits per heavy atom. The molecule has 0 saturated heterocycles. The summed E-state index contributed by atoms with van der Waals surface area (Å²) in [6, 6.07) is 35.7. The number of carbonyl (C=O) groups is 1. The molecule has 6 rings (SSSR count). The zero-order chi connectivity index (χ0) is 23.3. The fourth-order valence-electron chi connectivity index (χ4n) is 5.04. The van der Waals surface area contributed by atoms with Crippen LogP contribution in [0.5, 0.6) is 0 Å². The Morgan fingerprint density at radius 3 is 2.29 bits per heavy atom. The number of hydrogen-bond donors (Lipinski definition) is 0. The van der Waals surface area contributed by atoms with E-state index in [-0.39, 0.29) is 20.9 Å². The van der Waals surface area contributed by atoms with Crippen molar-refractivity contribution in [2.45, 2.75) is 17.7 Å².